The van der Waals surface area contributed by atoms with Crippen molar-refractivity contribution in [2.75, 3.05) is 0 Å². The van der Waals surface area contributed by atoms with Crippen molar-refractivity contribution in [2.45, 2.75) is 69.6 Å². The zero-order valence-electron chi connectivity index (χ0n) is 25.5. The minimum Gasteiger partial charge on any atom is -0.0616 e. The Balaban J connectivity index is 1.51. The van der Waals surface area contributed by atoms with E-state index in [0.717, 1.165) is 5.69 Å². The van der Waals surface area contributed by atoms with Gasteiger partial charge in [0.15, 0.2) is 0 Å². The summed E-state index contributed by atoms with van der Waals surface area (Å²) in [6.45, 7) is 13.9. The molecule has 0 unspecified atom stereocenters. The van der Waals surface area contributed by atoms with E-state index in [1.165, 1.54) is 60.8 Å². The summed E-state index contributed by atoms with van der Waals surface area (Å²) in [6, 6.07) is 30.0. The van der Waals surface area contributed by atoms with Gasteiger partial charge in [0.05, 0.1) is 0 Å². The average molecular weight is 584 g/mol. The molecular formula is C38H41GeN. The molecule has 40 heavy (non-hydrogen) atoms. The Morgan fingerprint density at radius 3 is 2.15 bits per heavy atom. The molecule has 0 atom stereocenters. The Kier molecular flexibility index (Phi) is 6.20. The predicted molar refractivity (Wildman–Crippen MR) is 177 cm³/mol. The Bertz CT molecular complexity index is 1790. The Morgan fingerprint density at radius 1 is 0.725 bits per heavy atom. The Morgan fingerprint density at radius 2 is 1.45 bits per heavy atom. The molecule has 0 spiro atoms. The number of fused-ring (bicyclic) bond motifs is 4. The van der Waals surface area contributed by atoms with Gasteiger partial charge in [-0.15, -0.1) is 0 Å². The van der Waals surface area contributed by atoms with Gasteiger partial charge in [0.2, 0.25) is 0 Å². The van der Waals surface area contributed by atoms with Crippen LogP contribution in [0.1, 0.15) is 56.9 Å². The summed E-state index contributed by atoms with van der Waals surface area (Å²) >= 11 is -1.87. The standard InChI is InChI=1S/C38H41GeN/c1-24-20-28(39(7,8)9)15-17-29(24)26-14-16-31-32-18-19-40-36(35(32)38(5,6)34(31)22-26)27-21-25-12-10-11-13-30(25)33(23-27)37(2,3)4/h10-23H,1-9H3. The molecule has 202 valence electrons. The molecule has 1 aliphatic carbocycles. The summed E-state index contributed by atoms with van der Waals surface area (Å²) in [5.41, 5.74) is 13.0. The number of aromatic nitrogens is 1. The van der Waals surface area contributed by atoms with Crippen LogP contribution in [0.15, 0.2) is 85.1 Å². The minimum absolute atomic E-state index is 0.0324. The molecule has 1 aliphatic rings. The summed E-state index contributed by atoms with van der Waals surface area (Å²) < 4.78 is 1.57. The third-order valence-electron chi connectivity index (χ3n) is 8.91. The van der Waals surface area contributed by atoms with Gasteiger partial charge in [-0.1, -0.05) is 45.0 Å². The molecule has 0 bridgehead atoms. The number of rotatable bonds is 3. The van der Waals surface area contributed by atoms with E-state index in [2.05, 4.69) is 138 Å². The predicted octanol–water partition coefficient (Wildman–Crippen LogP) is 10.0. The third kappa shape index (κ3) is 4.34. The van der Waals surface area contributed by atoms with Gasteiger partial charge in [-0.3, -0.25) is 0 Å². The van der Waals surface area contributed by atoms with Gasteiger partial charge in [0.25, 0.3) is 0 Å². The van der Waals surface area contributed by atoms with Gasteiger partial charge < -0.3 is 0 Å². The zero-order chi connectivity index (χ0) is 28.6. The van der Waals surface area contributed by atoms with Crippen LogP contribution in [-0.2, 0) is 10.8 Å². The van der Waals surface area contributed by atoms with Crippen LogP contribution in [0, 0.1) is 6.92 Å². The van der Waals surface area contributed by atoms with E-state index in [1.807, 2.05) is 6.20 Å². The van der Waals surface area contributed by atoms with Crippen molar-refractivity contribution in [3.05, 3.63) is 107 Å². The average Bonchev–Trinajstić information content (AvgIpc) is 3.13. The number of hydrogen-bond donors (Lipinski definition) is 0. The summed E-state index contributed by atoms with van der Waals surface area (Å²) in [7, 11) is 0. The quantitative estimate of drug-likeness (QED) is 0.192. The smallest absolute Gasteiger partial charge is 0.0616 e. The van der Waals surface area contributed by atoms with E-state index >= 15 is 0 Å². The van der Waals surface area contributed by atoms with Gasteiger partial charge in [-0.25, -0.2) is 0 Å². The van der Waals surface area contributed by atoms with Gasteiger partial charge in [-0.05, 0) is 21.8 Å². The third-order valence-corrected chi connectivity index (χ3v) is 13.2. The number of pyridine rings is 1. The van der Waals surface area contributed by atoms with Crippen molar-refractivity contribution < 1.29 is 0 Å². The maximum atomic E-state index is 5.06. The molecule has 0 saturated carbocycles. The molecule has 6 rings (SSSR count). The molecule has 0 saturated heterocycles. The van der Waals surface area contributed by atoms with Crippen molar-refractivity contribution >= 4 is 28.4 Å². The monoisotopic (exact) mass is 585 g/mol. The molecule has 1 aromatic heterocycles. The van der Waals surface area contributed by atoms with Gasteiger partial charge >= 0.3 is 177 Å². The van der Waals surface area contributed by atoms with Crippen LogP contribution in [-0.4, -0.2) is 18.3 Å². The van der Waals surface area contributed by atoms with Crippen LogP contribution in [0.3, 0.4) is 0 Å². The second-order valence-electron chi connectivity index (χ2n) is 14.2. The van der Waals surface area contributed by atoms with Crippen LogP contribution >= 0.6 is 0 Å². The van der Waals surface area contributed by atoms with Crippen molar-refractivity contribution in [3.63, 3.8) is 0 Å². The minimum atomic E-state index is -1.87. The molecule has 1 heterocycles. The molecule has 0 N–H and O–H groups in total. The van der Waals surface area contributed by atoms with Crippen LogP contribution < -0.4 is 4.40 Å². The van der Waals surface area contributed by atoms with Gasteiger partial charge in [-0.2, -0.15) is 0 Å². The molecule has 5 aromatic rings. The Labute approximate surface area is 243 Å². The first kappa shape index (κ1) is 27.0. The van der Waals surface area contributed by atoms with Gasteiger partial charge in [0.1, 0.15) is 0 Å². The SMILES string of the molecule is Cc1c[c]([Ge]([CH3])([CH3])[CH3])ccc1-c1ccc2c(c1)C(C)(C)c1c-2ccnc1-c1cc(C(C)(C)C)c2ccccc2c1. The van der Waals surface area contributed by atoms with Crippen molar-refractivity contribution in [1.29, 1.82) is 0 Å². The zero-order valence-corrected chi connectivity index (χ0v) is 27.6. The molecule has 0 amide bonds. The van der Waals surface area contributed by atoms with E-state index in [1.54, 1.807) is 4.40 Å². The molecule has 4 aromatic carbocycles. The van der Waals surface area contributed by atoms with Crippen LogP contribution in [0.5, 0.6) is 0 Å². The van der Waals surface area contributed by atoms with Crippen molar-refractivity contribution in [1.82, 2.24) is 4.98 Å². The second-order valence-corrected chi connectivity index (χ2v) is 24.9. The first-order chi connectivity index (χ1) is 18.8. The van der Waals surface area contributed by atoms with Crippen LogP contribution in [0.25, 0.3) is 44.3 Å². The molecular weight excluding hydrogens is 543 g/mol. The fraction of sp³-hybridized carbons (Fsp3) is 0.289. The second kappa shape index (κ2) is 9.18. The van der Waals surface area contributed by atoms with Crippen LogP contribution in [0.4, 0.5) is 0 Å². The summed E-state index contributed by atoms with van der Waals surface area (Å²) in [4.78, 5) is 5.06. The fourth-order valence-electron chi connectivity index (χ4n) is 6.66. The summed E-state index contributed by atoms with van der Waals surface area (Å²) in [5, 5.41) is 2.60. The first-order valence-corrected chi connectivity index (χ1v) is 21.9. The van der Waals surface area contributed by atoms with Crippen LogP contribution in [0.2, 0.25) is 17.3 Å². The van der Waals surface area contributed by atoms with E-state index in [-0.39, 0.29) is 10.8 Å². The number of aryl methyl sites for hydroxylation is 1. The molecule has 0 fully saturated rings. The van der Waals surface area contributed by atoms with Crippen molar-refractivity contribution in [2.24, 2.45) is 0 Å². The molecule has 1 nitrogen and oxygen atoms in total. The number of hydrogen-bond acceptors (Lipinski definition) is 1. The Hall–Kier alpha value is -3.17. The topological polar surface area (TPSA) is 12.9 Å². The van der Waals surface area contributed by atoms with E-state index < -0.39 is 13.3 Å². The number of benzene rings is 4. The van der Waals surface area contributed by atoms with E-state index in [9.17, 15) is 0 Å². The number of nitrogens with zero attached hydrogens (tertiary/aromatic N) is 1. The normalized spacial score (nSPS) is 14.3. The summed E-state index contributed by atoms with van der Waals surface area (Å²) in [5.74, 6) is 7.40. The van der Waals surface area contributed by atoms with E-state index in [0.29, 0.717) is 0 Å². The molecule has 0 aliphatic heterocycles. The van der Waals surface area contributed by atoms with Crippen molar-refractivity contribution in [3.8, 4) is 33.5 Å². The van der Waals surface area contributed by atoms with Gasteiger partial charge in [0, 0.05) is 0 Å². The maximum absolute atomic E-state index is 5.06. The first-order valence-electron chi connectivity index (χ1n) is 14.6. The molecule has 2 heteroatoms. The van der Waals surface area contributed by atoms with E-state index in [4.69, 9.17) is 4.98 Å². The molecule has 0 radical (unpaired) electrons. The fourth-order valence-corrected chi connectivity index (χ4v) is 9.24. The summed E-state index contributed by atoms with van der Waals surface area (Å²) in [6.07, 6.45) is 2.00.